The zero-order valence-corrected chi connectivity index (χ0v) is 16.5. The van der Waals surface area contributed by atoms with Crippen molar-refractivity contribution in [3.05, 3.63) is 65.5 Å². The number of hydrogen-bond donors (Lipinski definition) is 1. The van der Waals surface area contributed by atoms with Gasteiger partial charge in [-0.05, 0) is 25.1 Å². The van der Waals surface area contributed by atoms with E-state index >= 15 is 0 Å². The van der Waals surface area contributed by atoms with E-state index in [0.29, 0.717) is 5.69 Å². The number of phenolic OH excluding ortho intramolecular Hbond substituents is 1. The third-order valence-corrected chi connectivity index (χ3v) is 4.59. The SMILES string of the molecule is Cc1cc2c(-c3ccccc3)n(-c3ccccc3O)nc2s1.[Zn]. The Labute approximate surface area is 151 Å². The summed E-state index contributed by atoms with van der Waals surface area (Å²) in [5, 5.41) is 16.0. The van der Waals surface area contributed by atoms with Gasteiger partial charge in [0, 0.05) is 35.3 Å². The Morgan fingerprint density at radius 3 is 2.43 bits per heavy atom. The zero-order chi connectivity index (χ0) is 15.1. The summed E-state index contributed by atoms with van der Waals surface area (Å²) in [6, 6.07) is 19.6. The van der Waals surface area contributed by atoms with Gasteiger partial charge in [-0.3, -0.25) is 0 Å². The van der Waals surface area contributed by atoms with Crippen molar-refractivity contribution in [2.24, 2.45) is 0 Å². The first-order chi connectivity index (χ1) is 10.7. The summed E-state index contributed by atoms with van der Waals surface area (Å²) < 4.78 is 1.84. The minimum atomic E-state index is 0. The molecule has 5 heteroatoms. The number of rotatable bonds is 2. The van der Waals surface area contributed by atoms with Crippen molar-refractivity contribution in [1.82, 2.24) is 9.78 Å². The van der Waals surface area contributed by atoms with Crippen LogP contribution in [0.15, 0.2) is 60.7 Å². The fourth-order valence-corrected chi connectivity index (χ4v) is 3.56. The predicted octanol–water partition coefficient (Wildman–Crippen LogP) is 4.77. The Morgan fingerprint density at radius 1 is 1.00 bits per heavy atom. The fourth-order valence-electron chi connectivity index (χ4n) is 2.69. The van der Waals surface area contributed by atoms with Gasteiger partial charge in [0.1, 0.15) is 16.3 Å². The molecule has 2 heterocycles. The summed E-state index contributed by atoms with van der Waals surface area (Å²) in [6.45, 7) is 2.09. The first kappa shape index (κ1) is 15.9. The Balaban J connectivity index is 0.00000156. The molecule has 2 aromatic carbocycles. The Kier molecular flexibility index (Phi) is 4.33. The first-order valence-corrected chi connectivity index (χ1v) is 7.88. The van der Waals surface area contributed by atoms with Crippen molar-refractivity contribution in [3.8, 4) is 22.7 Å². The number of aromatic nitrogens is 2. The summed E-state index contributed by atoms with van der Waals surface area (Å²) in [7, 11) is 0. The molecule has 0 fully saturated rings. The molecule has 4 rings (SSSR count). The molecule has 23 heavy (non-hydrogen) atoms. The molecule has 0 unspecified atom stereocenters. The van der Waals surface area contributed by atoms with Crippen molar-refractivity contribution in [3.63, 3.8) is 0 Å². The molecule has 0 spiro atoms. The van der Waals surface area contributed by atoms with Crippen molar-refractivity contribution < 1.29 is 24.6 Å². The van der Waals surface area contributed by atoms with E-state index in [0.717, 1.165) is 21.5 Å². The monoisotopic (exact) mass is 370 g/mol. The largest absolute Gasteiger partial charge is 0.506 e. The quantitative estimate of drug-likeness (QED) is 0.516. The molecule has 3 nitrogen and oxygen atoms in total. The van der Waals surface area contributed by atoms with Gasteiger partial charge in [0.05, 0.1) is 5.69 Å². The topological polar surface area (TPSA) is 38.0 Å². The number of benzene rings is 2. The minimum absolute atomic E-state index is 0. The van der Waals surface area contributed by atoms with Crippen LogP contribution in [0.4, 0.5) is 0 Å². The second kappa shape index (κ2) is 6.27. The van der Waals surface area contributed by atoms with Gasteiger partial charge in [-0.2, -0.15) is 5.10 Å². The maximum absolute atomic E-state index is 10.2. The van der Waals surface area contributed by atoms with E-state index in [-0.39, 0.29) is 25.2 Å². The number of hydrogen-bond acceptors (Lipinski definition) is 3. The molecule has 4 aromatic rings. The van der Waals surface area contributed by atoms with Crippen LogP contribution in [-0.2, 0) is 19.5 Å². The molecule has 0 aliphatic carbocycles. The van der Waals surface area contributed by atoms with Gasteiger partial charge < -0.3 is 5.11 Å². The number of nitrogens with zero attached hydrogens (tertiary/aromatic N) is 2. The van der Waals surface area contributed by atoms with E-state index in [1.807, 2.05) is 41.1 Å². The molecule has 2 aromatic heterocycles. The molecule has 110 valence electrons. The normalized spacial score (nSPS) is 10.7. The molecule has 0 aliphatic rings. The van der Waals surface area contributed by atoms with Crippen LogP contribution < -0.4 is 0 Å². The molecular formula is C18H14N2OSZn. The van der Waals surface area contributed by atoms with Gasteiger partial charge in [0.25, 0.3) is 0 Å². The predicted molar refractivity (Wildman–Crippen MR) is 90.8 cm³/mol. The van der Waals surface area contributed by atoms with Crippen LogP contribution in [0.2, 0.25) is 0 Å². The van der Waals surface area contributed by atoms with Crippen LogP contribution >= 0.6 is 11.3 Å². The molecule has 0 saturated heterocycles. The number of aryl methyl sites for hydroxylation is 1. The van der Waals surface area contributed by atoms with E-state index in [2.05, 4.69) is 25.1 Å². The van der Waals surface area contributed by atoms with Crippen LogP contribution in [0.25, 0.3) is 27.2 Å². The van der Waals surface area contributed by atoms with E-state index < -0.39 is 0 Å². The summed E-state index contributed by atoms with van der Waals surface area (Å²) in [6.07, 6.45) is 0. The van der Waals surface area contributed by atoms with Gasteiger partial charge in [-0.15, -0.1) is 11.3 Å². The number of thiophene rings is 1. The molecular weight excluding hydrogens is 358 g/mol. The fraction of sp³-hybridized carbons (Fsp3) is 0.0556. The van der Waals surface area contributed by atoms with Gasteiger partial charge >= 0.3 is 0 Å². The molecule has 0 saturated carbocycles. The van der Waals surface area contributed by atoms with Crippen LogP contribution in [0.1, 0.15) is 4.88 Å². The second-order valence-electron chi connectivity index (χ2n) is 5.19. The number of phenols is 1. The third-order valence-electron chi connectivity index (χ3n) is 3.65. The van der Waals surface area contributed by atoms with Crippen LogP contribution in [0.5, 0.6) is 5.75 Å². The summed E-state index contributed by atoms with van der Waals surface area (Å²) in [5.41, 5.74) is 2.80. The zero-order valence-electron chi connectivity index (χ0n) is 12.7. The molecule has 0 radical (unpaired) electrons. The summed E-state index contributed by atoms with van der Waals surface area (Å²) in [4.78, 5) is 2.22. The Hall–Kier alpha value is -1.97. The second-order valence-corrected chi connectivity index (χ2v) is 6.43. The maximum atomic E-state index is 10.2. The molecule has 0 amide bonds. The Morgan fingerprint density at radius 2 is 1.70 bits per heavy atom. The van der Waals surface area contributed by atoms with Crippen LogP contribution in [0, 0.1) is 6.92 Å². The Bertz CT molecular complexity index is 960. The standard InChI is InChI=1S/C18H14N2OS.Zn/c1-12-11-14-17(13-7-3-2-4-8-13)20(19-18(14)22-12)15-9-5-6-10-16(15)21;/h2-11,21H,1H3;. The van der Waals surface area contributed by atoms with Gasteiger partial charge in [-0.1, -0.05) is 42.5 Å². The van der Waals surface area contributed by atoms with E-state index in [4.69, 9.17) is 5.10 Å². The van der Waals surface area contributed by atoms with Crippen molar-refractivity contribution in [2.75, 3.05) is 0 Å². The molecule has 0 aliphatic heterocycles. The van der Waals surface area contributed by atoms with E-state index in [1.165, 1.54) is 4.88 Å². The smallest absolute Gasteiger partial charge is 0.146 e. The van der Waals surface area contributed by atoms with Crippen LogP contribution in [-0.4, -0.2) is 14.9 Å². The van der Waals surface area contributed by atoms with Gasteiger partial charge in [-0.25, -0.2) is 4.68 Å². The molecule has 0 atom stereocenters. The third kappa shape index (κ3) is 2.71. The number of fused-ring (bicyclic) bond motifs is 1. The maximum Gasteiger partial charge on any atom is 0.146 e. The minimum Gasteiger partial charge on any atom is -0.506 e. The van der Waals surface area contributed by atoms with Gasteiger partial charge in [0.15, 0.2) is 0 Å². The summed E-state index contributed by atoms with van der Waals surface area (Å²) >= 11 is 1.67. The van der Waals surface area contributed by atoms with E-state index in [1.54, 1.807) is 17.4 Å². The summed E-state index contributed by atoms with van der Waals surface area (Å²) in [5.74, 6) is 0.228. The number of para-hydroxylation sites is 2. The molecule has 1 N–H and O–H groups in total. The first-order valence-electron chi connectivity index (χ1n) is 7.07. The van der Waals surface area contributed by atoms with Crippen molar-refractivity contribution in [2.45, 2.75) is 6.92 Å². The average molecular weight is 372 g/mol. The number of aromatic hydroxyl groups is 1. The molecule has 0 bridgehead atoms. The average Bonchev–Trinajstić information content (AvgIpc) is 3.04. The van der Waals surface area contributed by atoms with E-state index in [9.17, 15) is 5.11 Å². The van der Waals surface area contributed by atoms with Crippen molar-refractivity contribution in [1.29, 1.82) is 0 Å². The van der Waals surface area contributed by atoms with Gasteiger partial charge in [0.2, 0.25) is 0 Å². The van der Waals surface area contributed by atoms with Crippen molar-refractivity contribution >= 4 is 21.6 Å². The van der Waals surface area contributed by atoms with Crippen LogP contribution in [0.3, 0.4) is 0 Å².